The Morgan fingerprint density at radius 3 is 3.05 bits per heavy atom. The van der Waals surface area contributed by atoms with Crippen molar-refractivity contribution in [3.63, 3.8) is 0 Å². The van der Waals surface area contributed by atoms with Gasteiger partial charge < -0.3 is 9.63 Å². The van der Waals surface area contributed by atoms with Crippen LogP contribution in [0.3, 0.4) is 0 Å². The summed E-state index contributed by atoms with van der Waals surface area (Å²) in [7, 11) is 0. The molecule has 0 amide bonds. The summed E-state index contributed by atoms with van der Waals surface area (Å²) < 4.78 is 5.17. The van der Waals surface area contributed by atoms with Crippen LogP contribution in [0.25, 0.3) is 0 Å². The third kappa shape index (κ3) is 2.67. The molecule has 2 aromatic rings. The molecule has 0 spiro atoms. The molecule has 5 heteroatoms. The van der Waals surface area contributed by atoms with Gasteiger partial charge in [-0.25, -0.2) is 0 Å². The van der Waals surface area contributed by atoms with Crippen molar-refractivity contribution >= 4 is 11.6 Å². The zero-order valence-corrected chi connectivity index (χ0v) is 12.1. The second-order valence-electron chi connectivity index (χ2n) is 5.26. The second kappa shape index (κ2) is 5.46. The van der Waals surface area contributed by atoms with E-state index >= 15 is 0 Å². The van der Waals surface area contributed by atoms with Gasteiger partial charge in [-0.1, -0.05) is 16.8 Å². The van der Waals surface area contributed by atoms with Crippen molar-refractivity contribution < 1.29 is 9.63 Å². The first-order valence-corrected chi connectivity index (χ1v) is 7.16. The van der Waals surface area contributed by atoms with Gasteiger partial charge in [0.2, 0.25) is 0 Å². The van der Waals surface area contributed by atoms with Crippen molar-refractivity contribution in [3.8, 4) is 5.75 Å². The van der Waals surface area contributed by atoms with Gasteiger partial charge in [-0.2, -0.15) is 0 Å². The number of likely N-dealkylation sites (tertiary alicyclic amines) is 1. The fourth-order valence-corrected chi connectivity index (χ4v) is 2.99. The molecule has 106 valence electrons. The number of hydrogen-bond donors (Lipinski definition) is 1. The van der Waals surface area contributed by atoms with Crippen LogP contribution in [0.5, 0.6) is 5.75 Å². The fraction of sp³-hybridized carbons (Fsp3) is 0.400. The zero-order valence-electron chi connectivity index (χ0n) is 11.3. The topological polar surface area (TPSA) is 49.5 Å². The molecule has 0 saturated carbocycles. The summed E-state index contributed by atoms with van der Waals surface area (Å²) in [5.41, 5.74) is 1.83. The van der Waals surface area contributed by atoms with E-state index < -0.39 is 0 Å². The SMILES string of the molecule is Cc1cc(C2CCCN2Cc2cc(Cl)ccc2O)no1. The summed E-state index contributed by atoms with van der Waals surface area (Å²) in [5.74, 6) is 1.12. The van der Waals surface area contributed by atoms with E-state index in [1.54, 1.807) is 12.1 Å². The summed E-state index contributed by atoms with van der Waals surface area (Å²) in [5, 5.41) is 14.7. The Labute approximate surface area is 122 Å². The molecular weight excluding hydrogens is 276 g/mol. The first-order chi connectivity index (χ1) is 9.63. The van der Waals surface area contributed by atoms with Gasteiger partial charge in [0, 0.05) is 23.2 Å². The van der Waals surface area contributed by atoms with Crippen molar-refractivity contribution in [2.24, 2.45) is 0 Å². The Kier molecular flexibility index (Phi) is 3.68. The van der Waals surface area contributed by atoms with Crippen LogP contribution in [-0.2, 0) is 6.54 Å². The first-order valence-electron chi connectivity index (χ1n) is 6.78. The minimum atomic E-state index is 0.255. The molecule has 3 rings (SSSR count). The van der Waals surface area contributed by atoms with Crippen molar-refractivity contribution in [1.82, 2.24) is 10.1 Å². The number of phenols is 1. The minimum absolute atomic E-state index is 0.255. The predicted molar refractivity (Wildman–Crippen MR) is 76.7 cm³/mol. The normalized spacial score (nSPS) is 19.6. The smallest absolute Gasteiger partial charge is 0.133 e. The van der Waals surface area contributed by atoms with Gasteiger partial charge >= 0.3 is 0 Å². The van der Waals surface area contributed by atoms with Crippen molar-refractivity contribution in [2.75, 3.05) is 6.54 Å². The van der Waals surface area contributed by atoms with Gasteiger partial charge in [0.05, 0.1) is 6.04 Å². The van der Waals surface area contributed by atoms with Crippen LogP contribution in [0.4, 0.5) is 0 Å². The van der Waals surface area contributed by atoms with Crippen LogP contribution in [0.2, 0.25) is 5.02 Å². The van der Waals surface area contributed by atoms with E-state index in [0.29, 0.717) is 11.6 Å². The summed E-state index contributed by atoms with van der Waals surface area (Å²) in [6, 6.07) is 7.40. The number of aromatic nitrogens is 1. The van der Waals surface area contributed by atoms with E-state index in [9.17, 15) is 5.11 Å². The highest BCUT2D eigenvalue weighted by Gasteiger charge is 2.28. The van der Waals surface area contributed by atoms with Crippen molar-refractivity contribution in [3.05, 3.63) is 46.3 Å². The lowest BCUT2D eigenvalue weighted by Gasteiger charge is -2.23. The molecule has 1 unspecified atom stereocenters. The molecule has 0 radical (unpaired) electrons. The average Bonchev–Trinajstić information content (AvgIpc) is 3.02. The molecule has 1 aromatic heterocycles. The molecule has 0 bridgehead atoms. The largest absolute Gasteiger partial charge is 0.508 e. The maximum Gasteiger partial charge on any atom is 0.133 e. The quantitative estimate of drug-likeness (QED) is 0.937. The molecule has 1 atom stereocenters. The Balaban J connectivity index is 1.81. The number of aryl methyl sites for hydroxylation is 1. The number of rotatable bonds is 3. The van der Waals surface area contributed by atoms with E-state index in [1.165, 1.54) is 0 Å². The maximum atomic E-state index is 9.94. The number of benzene rings is 1. The van der Waals surface area contributed by atoms with Gasteiger partial charge in [0.1, 0.15) is 17.2 Å². The second-order valence-corrected chi connectivity index (χ2v) is 5.70. The zero-order chi connectivity index (χ0) is 14.1. The van der Waals surface area contributed by atoms with Gasteiger partial charge in [-0.05, 0) is 44.5 Å². The molecule has 1 aromatic carbocycles. The van der Waals surface area contributed by atoms with E-state index in [1.807, 2.05) is 19.1 Å². The molecule has 1 aliphatic rings. The Hall–Kier alpha value is -1.52. The van der Waals surface area contributed by atoms with Gasteiger partial charge in [0.25, 0.3) is 0 Å². The third-order valence-corrected chi connectivity index (χ3v) is 4.00. The highest BCUT2D eigenvalue weighted by molar-refractivity contribution is 6.30. The standard InChI is InChI=1S/C15H17ClN2O2/c1-10-7-13(17-20-10)14-3-2-6-18(14)9-11-8-12(16)4-5-15(11)19/h4-5,7-8,14,19H,2-3,6,9H2,1H3. The third-order valence-electron chi connectivity index (χ3n) is 3.77. The number of nitrogens with zero attached hydrogens (tertiary/aromatic N) is 2. The van der Waals surface area contributed by atoms with Crippen LogP contribution >= 0.6 is 11.6 Å². The highest BCUT2D eigenvalue weighted by atomic mass is 35.5. The molecule has 1 fully saturated rings. The molecule has 4 nitrogen and oxygen atoms in total. The Morgan fingerprint density at radius 2 is 2.30 bits per heavy atom. The van der Waals surface area contributed by atoms with E-state index in [-0.39, 0.29) is 11.8 Å². The number of hydrogen-bond acceptors (Lipinski definition) is 4. The molecule has 1 saturated heterocycles. The van der Waals surface area contributed by atoms with Crippen LogP contribution in [0.1, 0.15) is 35.9 Å². The predicted octanol–water partition coefficient (Wildman–Crippen LogP) is 3.68. The van der Waals surface area contributed by atoms with E-state index in [4.69, 9.17) is 16.1 Å². The van der Waals surface area contributed by atoms with Crippen molar-refractivity contribution in [2.45, 2.75) is 32.4 Å². The molecule has 1 N–H and O–H groups in total. The van der Waals surface area contributed by atoms with Crippen LogP contribution < -0.4 is 0 Å². The van der Waals surface area contributed by atoms with Crippen molar-refractivity contribution in [1.29, 1.82) is 0 Å². The monoisotopic (exact) mass is 292 g/mol. The number of halogens is 1. The van der Waals surface area contributed by atoms with Gasteiger partial charge in [0.15, 0.2) is 0 Å². The lowest BCUT2D eigenvalue weighted by Crippen LogP contribution is -2.23. The minimum Gasteiger partial charge on any atom is -0.508 e. The van der Waals surface area contributed by atoms with Crippen LogP contribution in [0, 0.1) is 6.92 Å². The molecule has 0 aliphatic carbocycles. The summed E-state index contributed by atoms with van der Waals surface area (Å²) in [6.07, 6.45) is 2.19. The molecule has 1 aliphatic heterocycles. The summed E-state index contributed by atoms with van der Waals surface area (Å²) in [6.45, 7) is 3.56. The first kappa shape index (κ1) is 13.5. The highest BCUT2D eigenvalue weighted by Crippen LogP contribution is 2.34. The van der Waals surface area contributed by atoms with Gasteiger partial charge in [-0.15, -0.1) is 0 Å². The molecular formula is C15H17ClN2O2. The summed E-state index contributed by atoms with van der Waals surface area (Å²) in [4.78, 5) is 2.31. The Bertz CT molecular complexity index is 612. The van der Waals surface area contributed by atoms with E-state index in [2.05, 4.69) is 10.1 Å². The molecule has 20 heavy (non-hydrogen) atoms. The van der Waals surface area contributed by atoms with Crippen LogP contribution in [0.15, 0.2) is 28.8 Å². The maximum absolute atomic E-state index is 9.94. The van der Waals surface area contributed by atoms with E-state index in [0.717, 1.165) is 36.4 Å². The number of aromatic hydroxyl groups is 1. The lowest BCUT2D eigenvalue weighted by molar-refractivity contribution is 0.234. The average molecular weight is 293 g/mol. The fourth-order valence-electron chi connectivity index (χ4n) is 2.79. The summed E-state index contributed by atoms with van der Waals surface area (Å²) >= 11 is 6.00. The Morgan fingerprint density at radius 1 is 1.45 bits per heavy atom. The molecule has 2 heterocycles. The lowest BCUT2D eigenvalue weighted by atomic mass is 10.1. The van der Waals surface area contributed by atoms with Crippen LogP contribution in [-0.4, -0.2) is 21.7 Å². The van der Waals surface area contributed by atoms with Gasteiger partial charge in [-0.3, -0.25) is 4.90 Å². The number of phenolic OH excluding ortho intramolecular Hbond substituents is 1.